The zero-order chi connectivity index (χ0) is 10.3. The lowest BCUT2D eigenvalue weighted by molar-refractivity contribution is -0.118. The number of rotatable bonds is 5. The van der Waals surface area contributed by atoms with Gasteiger partial charge in [-0.15, -0.1) is 0 Å². The van der Waals surface area contributed by atoms with Crippen molar-refractivity contribution >= 4 is 11.9 Å². The molecular formula is C9H17N3O. The molecule has 0 aliphatic carbocycles. The van der Waals surface area contributed by atoms with E-state index < -0.39 is 0 Å². The van der Waals surface area contributed by atoms with E-state index >= 15 is 0 Å². The lowest BCUT2D eigenvalue weighted by Crippen LogP contribution is -2.21. The SMILES string of the molecule is CCN=C=NC(C)(C)CCC(N)=O. The van der Waals surface area contributed by atoms with Gasteiger partial charge >= 0.3 is 0 Å². The maximum Gasteiger partial charge on any atom is 0.217 e. The first-order valence-electron chi connectivity index (χ1n) is 4.39. The first-order valence-corrected chi connectivity index (χ1v) is 4.39. The number of carbonyl (C=O) groups excluding carboxylic acids is 1. The van der Waals surface area contributed by atoms with Gasteiger partial charge in [-0.05, 0) is 27.2 Å². The van der Waals surface area contributed by atoms with Gasteiger partial charge in [0.2, 0.25) is 5.91 Å². The van der Waals surface area contributed by atoms with E-state index in [-0.39, 0.29) is 11.4 Å². The Bertz CT molecular complexity index is 227. The number of amides is 1. The van der Waals surface area contributed by atoms with Crippen LogP contribution in [-0.2, 0) is 4.79 Å². The van der Waals surface area contributed by atoms with Crippen LogP contribution in [0.15, 0.2) is 9.98 Å². The Kier molecular flexibility index (Phi) is 5.00. The van der Waals surface area contributed by atoms with E-state index in [2.05, 4.69) is 16.0 Å². The molecule has 0 radical (unpaired) electrons. The predicted molar refractivity (Wildman–Crippen MR) is 52.9 cm³/mol. The number of nitrogens with two attached hydrogens (primary N) is 1. The highest BCUT2D eigenvalue weighted by molar-refractivity contribution is 5.73. The number of hydrogen-bond acceptors (Lipinski definition) is 3. The van der Waals surface area contributed by atoms with Gasteiger partial charge in [0.1, 0.15) is 0 Å². The van der Waals surface area contributed by atoms with Gasteiger partial charge < -0.3 is 5.73 Å². The summed E-state index contributed by atoms with van der Waals surface area (Å²) in [6, 6.07) is 2.60. The average Bonchev–Trinajstić information content (AvgIpc) is 2.02. The summed E-state index contributed by atoms with van der Waals surface area (Å²) in [5.74, 6) is -0.296. The topological polar surface area (TPSA) is 67.8 Å². The molecule has 0 aromatic carbocycles. The molecule has 0 unspecified atom stereocenters. The van der Waals surface area contributed by atoms with Crippen molar-refractivity contribution in [1.29, 1.82) is 0 Å². The number of primary amides is 1. The number of aliphatic imine (C=N–C) groups is 2. The summed E-state index contributed by atoms with van der Waals surface area (Å²) in [5.41, 5.74) is 4.73. The third-order valence-corrected chi connectivity index (χ3v) is 1.56. The highest BCUT2D eigenvalue weighted by Gasteiger charge is 2.16. The molecule has 13 heavy (non-hydrogen) atoms. The molecule has 0 fully saturated rings. The number of carbonyl (C=O) groups is 1. The van der Waals surface area contributed by atoms with Crippen molar-refractivity contribution in [3.8, 4) is 0 Å². The predicted octanol–water partition coefficient (Wildman–Crippen LogP) is 1.22. The van der Waals surface area contributed by atoms with Gasteiger partial charge in [0, 0.05) is 13.0 Å². The van der Waals surface area contributed by atoms with Crippen LogP contribution < -0.4 is 5.73 Å². The van der Waals surface area contributed by atoms with E-state index in [0.29, 0.717) is 19.4 Å². The monoisotopic (exact) mass is 183 g/mol. The molecule has 4 heteroatoms. The fourth-order valence-corrected chi connectivity index (χ4v) is 0.726. The van der Waals surface area contributed by atoms with Crippen molar-refractivity contribution in [1.82, 2.24) is 0 Å². The van der Waals surface area contributed by atoms with Crippen LogP contribution in [0.4, 0.5) is 0 Å². The standard InChI is InChI=1S/C9H17N3O/c1-4-11-7-12-9(2,3)6-5-8(10)13/h4-6H2,1-3H3,(H2,10,13). The molecule has 0 heterocycles. The van der Waals surface area contributed by atoms with Crippen LogP contribution in [0, 0.1) is 0 Å². The van der Waals surface area contributed by atoms with Gasteiger partial charge in [-0.2, -0.15) is 0 Å². The minimum Gasteiger partial charge on any atom is -0.370 e. The summed E-state index contributed by atoms with van der Waals surface area (Å²) in [7, 11) is 0. The second kappa shape index (κ2) is 5.49. The maximum absolute atomic E-state index is 10.5. The molecule has 0 saturated carbocycles. The van der Waals surface area contributed by atoms with Crippen LogP contribution in [0.2, 0.25) is 0 Å². The van der Waals surface area contributed by atoms with E-state index in [9.17, 15) is 4.79 Å². The van der Waals surface area contributed by atoms with E-state index in [1.54, 1.807) is 0 Å². The van der Waals surface area contributed by atoms with Gasteiger partial charge in [0.25, 0.3) is 0 Å². The molecule has 0 atom stereocenters. The minimum absolute atomic E-state index is 0.296. The molecule has 0 aliphatic rings. The summed E-state index contributed by atoms with van der Waals surface area (Å²) in [6.45, 7) is 6.44. The van der Waals surface area contributed by atoms with Crippen LogP contribution in [0.1, 0.15) is 33.6 Å². The normalized spacial score (nSPS) is 10.4. The van der Waals surface area contributed by atoms with E-state index in [1.807, 2.05) is 20.8 Å². The Balaban J connectivity index is 4.07. The second-order valence-corrected chi connectivity index (χ2v) is 3.46. The van der Waals surface area contributed by atoms with Crippen LogP contribution >= 0.6 is 0 Å². The van der Waals surface area contributed by atoms with Gasteiger partial charge in [0.15, 0.2) is 0 Å². The lowest BCUT2D eigenvalue weighted by Gasteiger charge is -2.15. The molecule has 0 bridgehead atoms. The molecule has 0 saturated heterocycles. The fourth-order valence-electron chi connectivity index (χ4n) is 0.726. The summed E-state index contributed by atoms with van der Waals surface area (Å²) < 4.78 is 0. The summed E-state index contributed by atoms with van der Waals surface area (Å²) in [5, 5.41) is 0. The Morgan fingerprint density at radius 2 is 2.15 bits per heavy atom. The highest BCUT2D eigenvalue weighted by Crippen LogP contribution is 2.15. The van der Waals surface area contributed by atoms with Gasteiger partial charge in [-0.25, -0.2) is 9.98 Å². The third kappa shape index (κ3) is 7.22. The van der Waals surface area contributed by atoms with E-state index in [1.165, 1.54) is 0 Å². The van der Waals surface area contributed by atoms with Crippen LogP contribution in [0.5, 0.6) is 0 Å². The van der Waals surface area contributed by atoms with Crippen molar-refractivity contribution in [3.05, 3.63) is 0 Å². The fraction of sp³-hybridized carbons (Fsp3) is 0.778. The Morgan fingerprint density at radius 3 is 2.62 bits per heavy atom. The molecular weight excluding hydrogens is 166 g/mol. The zero-order valence-corrected chi connectivity index (χ0v) is 8.50. The number of nitrogens with zero attached hydrogens (tertiary/aromatic N) is 2. The highest BCUT2D eigenvalue weighted by atomic mass is 16.1. The largest absolute Gasteiger partial charge is 0.370 e. The molecule has 1 amide bonds. The van der Waals surface area contributed by atoms with Crippen LogP contribution in [-0.4, -0.2) is 24.0 Å². The number of hydrogen-bond donors (Lipinski definition) is 1. The summed E-state index contributed by atoms with van der Waals surface area (Å²) in [4.78, 5) is 18.5. The lowest BCUT2D eigenvalue weighted by atomic mass is 9.99. The van der Waals surface area contributed by atoms with E-state index in [0.717, 1.165) is 0 Å². The van der Waals surface area contributed by atoms with E-state index in [4.69, 9.17) is 5.73 Å². The van der Waals surface area contributed by atoms with Gasteiger partial charge in [-0.3, -0.25) is 4.79 Å². The van der Waals surface area contributed by atoms with Gasteiger partial charge in [0.05, 0.1) is 11.5 Å². The second-order valence-electron chi connectivity index (χ2n) is 3.46. The van der Waals surface area contributed by atoms with Crippen LogP contribution in [0.25, 0.3) is 0 Å². The summed E-state index contributed by atoms with van der Waals surface area (Å²) in [6.07, 6.45) is 0.985. The van der Waals surface area contributed by atoms with Crippen molar-refractivity contribution in [2.75, 3.05) is 6.54 Å². The molecule has 2 N–H and O–H groups in total. The zero-order valence-electron chi connectivity index (χ0n) is 8.50. The third-order valence-electron chi connectivity index (χ3n) is 1.56. The Morgan fingerprint density at radius 1 is 1.54 bits per heavy atom. The molecule has 0 aromatic rings. The maximum atomic E-state index is 10.5. The quantitative estimate of drug-likeness (QED) is 0.640. The Hall–Kier alpha value is -1.15. The molecule has 0 rings (SSSR count). The smallest absolute Gasteiger partial charge is 0.217 e. The summed E-state index contributed by atoms with van der Waals surface area (Å²) >= 11 is 0. The van der Waals surface area contributed by atoms with Crippen molar-refractivity contribution < 1.29 is 4.79 Å². The molecule has 0 spiro atoms. The first kappa shape index (κ1) is 11.8. The van der Waals surface area contributed by atoms with Crippen molar-refractivity contribution in [2.45, 2.75) is 39.2 Å². The van der Waals surface area contributed by atoms with Crippen LogP contribution in [0.3, 0.4) is 0 Å². The van der Waals surface area contributed by atoms with Crippen molar-refractivity contribution in [2.24, 2.45) is 15.7 Å². The molecule has 0 aromatic heterocycles. The van der Waals surface area contributed by atoms with Gasteiger partial charge in [-0.1, -0.05) is 0 Å². The molecule has 4 nitrogen and oxygen atoms in total. The van der Waals surface area contributed by atoms with Crippen molar-refractivity contribution in [3.63, 3.8) is 0 Å². The minimum atomic E-state index is -0.298. The Labute approximate surface area is 79.0 Å². The first-order chi connectivity index (χ1) is 5.98. The molecule has 74 valence electrons. The molecule has 0 aliphatic heterocycles. The average molecular weight is 183 g/mol.